The van der Waals surface area contributed by atoms with Crippen LogP contribution in [-0.4, -0.2) is 39.0 Å². The molecule has 1 aromatic heterocycles. The maximum absolute atomic E-state index is 12.3. The van der Waals surface area contributed by atoms with Gasteiger partial charge in [-0.15, -0.1) is 0 Å². The molecule has 1 aliphatic rings. The number of amides is 1. The van der Waals surface area contributed by atoms with Gasteiger partial charge in [0.05, 0.1) is 17.0 Å². The van der Waals surface area contributed by atoms with Crippen LogP contribution in [-0.2, 0) is 0 Å². The summed E-state index contributed by atoms with van der Waals surface area (Å²) in [6.07, 6.45) is 0. The number of aromatic hydroxyl groups is 1. The third-order valence-electron chi connectivity index (χ3n) is 4.06. The molecule has 0 saturated carbocycles. The van der Waals surface area contributed by atoms with Gasteiger partial charge in [0.1, 0.15) is 11.6 Å². The molecule has 2 heterocycles. The summed E-state index contributed by atoms with van der Waals surface area (Å²) in [5.74, 6) is 1.23. The molecule has 0 radical (unpaired) electrons. The van der Waals surface area contributed by atoms with Crippen molar-refractivity contribution in [1.29, 1.82) is 0 Å². The number of rotatable bonds is 2. The number of likely N-dealkylation sites (tertiary alicyclic amines) is 1. The fraction of sp³-hybridized carbons (Fsp3) is 0.176. The van der Waals surface area contributed by atoms with Crippen LogP contribution in [0, 0.1) is 0 Å². The minimum absolute atomic E-state index is 0.0525. The summed E-state index contributed by atoms with van der Waals surface area (Å²) in [6, 6.07) is 14.4. The van der Waals surface area contributed by atoms with E-state index in [1.165, 1.54) is 6.07 Å². The molecule has 0 unspecified atom stereocenters. The molecule has 0 atom stereocenters. The first kappa shape index (κ1) is 12.9. The predicted molar refractivity (Wildman–Crippen MR) is 82.8 cm³/mol. The molecular weight excluding hydrogens is 278 g/mol. The standard InChI is InChI=1S/C17H15N3O2/c21-13-5-3-4-11(8-13)17(22)20-9-12(10-20)16-18-14-6-1-2-7-15(14)19-16/h1-8,12,21H,9-10H2,(H,18,19). The second-order valence-corrected chi connectivity index (χ2v) is 5.60. The van der Waals surface area contributed by atoms with Gasteiger partial charge in [-0.05, 0) is 30.3 Å². The first-order valence-corrected chi connectivity index (χ1v) is 7.23. The summed E-state index contributed by atoms with van der Waals surface area (Å²) in [7, 11) is 0. The normalized spacial score (nSPS) is 15.0. The molecule has 5 heteroatoms. The number of nitrogens with one attached hydrogen (secondary N) is 1. The van der Waals surface area contributed by atoms with E-state index in [-0.39, 0.29) is 17.6 Å². The summed E-state index contributed by atoms with van der Waals surface area (Å²) in [4.78, 5) is 22.0. The van der Waals surface area contributed by atoms with Crippen molar-refractivity contribution < 1.29 is 9.90 Å². The van der Waals surface area contributed by atoms with E-state index in [0.29, 0.717) is 18.7 Å². The van der Waals surface area contributed by atoms with Crippen LogP contribution in [0.25, 0.3) is 11.0 Å². The molecular formula is C17H15N3O2. The number of nitrogens with zero attached hydrogens (tertiary/aromatic N) is 2. The van der Waals surface area contributed by atoms with Gasteiger partial charge in [-0.2, -0.15) is 0 Å². The third kappa shape index (κ3) is 2.11. The number of para-hydroxylation sites is 2. The Hall–Kier alpha value is -2.82. The molecule has 2 N–H and O–H groups in total. The van der Waals surface area contributed by atoms with Gasteiger partial charge in [-0.1, -0.05) is 18.2 Å². The van der Waals surface area contributed by atoms with Crippen LogP contribution in [0.1, 0.15) is 22.1 Å². The fourth-order valence-corrected chi connectivity index (χ4v) is 2.80. The van der Waals surface area contributed by atoms with E-state index in [1.807, 2.05) is 24.3 Å². The zero-order valence-corrected chi connectivity index (χ0v) is 11.9. The average Bonchev–Trinajstić information content (AvgIpc) is 2.89. The van der Waals surface area contributed by atoms with E-state index in [1.54, 1.807) is 23.1 Å². The number of hydrogen-bond acceptors (Lipinski definition) is 3. The molecule has 22 heavy (non-hydrogen) atoms. The van der Waals surface area contributed by atoms with Crippen LogP contribution in [0.15, 0.2) is 48.5 Å². The van der Waals surface area contributed by atoms with Crippen LogP contribution in [0.2, 0.25) is 0 Å². The molecule has 1 aliphatic heterocycles. The number of carbonyl (C=O) groups is 1. The number of aromatic nitrogens is 2. The average molecular weight is 293 g/mol. The molecule has 1 amide bonds. The molecule has 1 fully saturated rings. The number of imidazole rings is 1. The van der Waals surface area contributed by atoms with E-state index in [4.69, 9.17) is 0 Å². The van der Waals surface area contributed by atoms with Gasteiger partial charge in [0.2, 0.25) is 0 Å². The van der Waals surface area contributed by atoms with Gasteiger partial charge in [-0.3, -0.25) is 4.79 Å². The first-order valence-electron chi connectivity index (χ1n) is 7.23. The number of H-pyrrole nitrogens is 1. The first-order chi connectivity index (χ1) is 10.7. The SMILES string of the molecule is O=C(c1cccc(O)c1)N1CC(c2nc3ccccc3[nH]2)C1. The van der Waals surface area contributed by atoms with Crippen molar-refractivity contribution in [3.63, 3.8) is 0 Å². The molecule has 3 aromatic rings. The van der Waals surface area contributed by atoms with Crippen LogP contribution in [0.3, 0.4) is 0 Å². The van der Waals surface area contributed by atoms with Gasteiger partial charge in [0, 0.05) is 18.7 Å². The zero-order valence-electron chi connectivity index (χ0n) is 11.9. The molecule has 5 nitrogen and oxygen atoms in total. The topological polar surface area (TPSA) is 69.2 Å². The van der Waals surface area contributed by atoms with Crippen molar-refractivity contribution in [3.8, 4) is 5.75 Å². The van der Waals surface area contributed by atoms with Gasteiger partial charge in [0.15, 0.2) is 0 Å². The molecule has 0 bridgehead atoms. The summed E-state index contributed by atoms with van der Waals surface area (Å²) in [5.41, 5.74) is 2.49. The Labute approximate surface area is 127 Å². The lowest BCUT2D eigenvalue weighted by Crippen LogP contribution is -2.48. The smallest absolute Gasteiger partial charge is 0.254 e. The minimum atomic E-state index is -0.0525. The Kier molecular flexibility index (Phi) is 2.85. The minimum Gasteiger partial charge on any atom is -0.508 e. The summed E-state index contributed by atoms with van der Waals surface area (Å²) in [5, 5.41) is 9.46. The van der Waals surface area contributed by atoms with Crippen molar-refractivity contribution in [3.05, 3.63) is 59.9 Å². The summed E-state index contributed by atoms with van der Waals surface area (Å²) >= 11 is 0. The van der Waals surface area contributed by atoms with Crippen LogP contribution >= 0.6 is 0 Å². The Morgan fingerprint density at radius 3 is 2.77 bits per heavy atom. The van der Waals surface area contributed by atoms with Gasteiger partial charge in [-0.25, -0.2) is 4.98 Å². The number of aromatic amines is 1. The number of fused-ring (bicyclic) bond motifs is 1. The molecule has 0 spiro atoms. The van der Waals surface area contributed by atoms with Crippen LogP contribution in [0.4, 0.5) is 0 Å². The monoisotopic (exact) mass is 293 g/mol. The van der Waals surface area contributed by atoms with E-state index >= 15 is 0 Å². The number of hydrogen-bond donors (Lipinski definition) is 2. The van der Waals surface area contributed by atoms with Gasteiger partial charge >= 0.3 is 0 Å². The molecule has 0 aliphatic carbocycles. The maximum atomic E-state index is 12.3. The molecule has 110 valence electrons. The second kappa shape index (κ2) is 4.87. The fourth-order valence-electron chi connectivity index (χ4n) is 2.80. The summed E-state index contributed by atoms with van der Waals surface area (Å²) < 4.78 is 0. The van der Waals surface area contributed by atoms with E-state index in [9.17, 15) is 9.90 Å². The van der Waals surface area contributed by atoms with E-state index < -0.39 is 0 Å². The zero-order chi connectivity index (χ0) is 15.1. The van der Waals surface area contributed by atoms with Crippen molar-refractivity contribution in [2.24, 2.45) is 0 Å². The van der Waals surface area contributed by atoms with Gasteiger partial charge < -0.3 is 15.0 Å². The number of carbonyl (C=O) groups excluding carboxylic acids is 1. The van der Waals surface area contributed by atoms with Crippen molar-refractivity contribution in [2.45, 2.75) is 5.92 Å². The second-order valence-electron chi connectivity index (χ2n) is 5.60. The van der Waals surface area contributed by atoms with E-state index in [0.717, 1.165) is 16.9 Å². The maximum Gasteiger partial charge on any atom is 0.254 e. The predicted octanol–water partition coefficient (Wildman–Crippen LogP) is 2.51. The highest BCUT2D eigenvalue weighted by Gasteiger charge is 2.34. The third-order valence-corrected chi connectivity index (χ3v) is 4.06. The largest absolute Gasteiger partial charge is 0.508 e. The lowest BCUT2D eigenvalue weighted by Gasteiger charge is -2.38. The highest BCUT2D eigenvalue weighted by atomic mass is 16.3. The lowest BCUT2D eigenvalue weighted by molar-refractivity contribution is 0.0595. The molecule has 1 saturated heterocycles. The van der Waals surface area contributed by atoms with Gasteiger partial charge in [0.25, 0.3) is 5.91 Å². The number of phenolic OH excluding ortho intramolecular Hbond substituents is 1. The Bertz CT molecular complexity index is 817. The molecule has 4 rings (SSSR count). The number of benzene rings is 2. The van der Waals surface area contributed by atoms with Crippen molar-refractivity contribution >= 4 is 16.9 Å². The lowest BCUT2D eigenvalue weighted by atomic mass is 9.98. The molecule has 2 aromatic carbocycles. The van der Waals surface area contributed by atoms with Crippen LogP contribution < -0.4 is 0 Å². The number of phenols is 1. The quantitative estimate of drug-likeness (QED) is 0.762. The highest BCUT2D eigenvalue weighted by Crippen LogP contribution is 2.28. The summed E-state index contributed by atoms with van der Waals surface area (Å²) in [6.45, 7) is 1.29. The highest BCUT2D eigenvalue weighted by molar-refractivity contribution is 5.95. The van der Waals surface area contributed by atoms with Crippen molar-refractivity contribution in [2.75, 3.05) is 13.1 Å². The Balaban J connectivity index is 1.48. The van der Waals surface area contributed by atoms with Crippen LogP contribution in [0.5, 0.6) is 5.75 Å². The Morgan fingerprint density at radius 2 is 2.00 bits per heavy atom. The van der Waals surface area contributed by atoms with E-state index in [2.05, 4.69) is 9.97 Å². The van der Waals surface area contributed by atoms with Crippen molar-refractivity contribution in [1.82, 2.24) is 14.9 Å². The Morgan fingerprint density at radius 1 is 1.18 bits per heavy atom.